The highest BCUT2D eigenvalue weighted by molar-refractivity contribution is 5.53. The summed E-state index contributed by atoms with van der Waals surface area (Å²) in [5.41, 5.74) is 3.58. The molecule has 3 aromatic rings. The summed E-state index contributed by atoms with van der Waals surface area (Å²) in [6.45, 7) is 7.11. The van der Waals surface area contributed by atoms with Crippen molar-refractivity contribution in [1.29, 1.82) is 0 Å². The van der Waals surface area contributed by atoms with Crippen LogP contribution in [0, 0.1) is 0 Å². The molecule has 1 aliphatic heterocycles. The van der Waals surface area contributed by atoms with Gasteiger partial charge < -0.3 is 4.74 Å². The van der Waals surface area contributed by atoms with Crippen LogP contribution >= 0.6 is 0 Å². The molecule has 1 aromatic carbocycles. The molecule has 0 unspecified atom stereocenters. The molecular formula is C21H25N5O. The number of hydrogen-bond donors (Lipinski definition) is 0. The zero-order chi connectivity index (χ0) is 18.5. The van der Waals surface area contributed by atoms with Crippen molar-refractivity contribution in [1.82, 2.24) is 24.6 Å². The molecule has 27 heavy (non-hydrogen) atoms. The minimum Gasteiger partial charge on any atom is -0.379 e. The van der Waals surface area contributed by atoms with Gasteiger partial charge in [-0.15, -0.1) is 0 Å². The number of rotatable bonds is 6. The highest BCUT2D eigenvalue weighted by Gasteiger charge is 2.17. The maximum absolute atomic E-state index is 5.47. The molecule has 0 radical (unpaired) electrons. The number of hydrogen-bond acceptors (Lipinski definition) is 5. The topological polar surface area (TPSA) is 56.1 Å². The van der Waals surface area contributed by atoms with Gasteiger partial charge >= 0.3 is 0 Å². The second-order valence-electron chi connectivity index (χ2n) is 6.80. The molecule has 0 bridgehead atoms. The molecule has 0 spiro atoms. The summed E-state index contributed by atoms with van der Waals surface area (Å²) in [6, 6.07) is 12.7. The van der Waals surface area contributed by atoms with Crippen LogP contribution in [0.5, 0.6) is 0 Å². The molecular weight excluding hydrogens is 338 g/mol. The SMILES string of the molecule is CCc1ccc(Cn2nc(-c3ccncc3)nc2CN2CCOCC2)cc1. The summed E-state index contributed by atoms with van der Waals surface area (Å²) >= 11 is 0. The van der Waals surface area contributed by atoms with Crippen molar-refractivity contribution in [2.75, 3.05) is 26.3 Å². The quantitative estimate of drug-likeness (QED) is 0.674. The van der Waals surface area contributed by atoms with E-state index in [-0.39, 0.29) is 0 Å². The molecule has 6 nitrogen and oxygen atoms in total. The maximum atomic E-state index is 5.47. The normalized spacial score (nSPS) is 15.1. The van der Waals surface area contributed by atoms with E-state index in [4.69, 9.17) is 14.8 Å². The number of benzene rings is 1. The lowest BCUT2D eigenvalue weighted by atomic mass is 10.1. The summed E-state index contributed by atoms with van der Waals surface area (Å²) < 4.78 is 7.50. The van der Waals surface area contributed by atoms with Gasteiger partial charge in [-0.3, -0.25) is 9.88 Å². The Kier molecular flexibility index (Phi) is 5.55. The molecule has 4 rings (SSSR count). The third-order valence-corrected chi connectivity index (χ3v) is 4.92. The van der Waals surface area contributed by atoms with Crippen molar-refractivity contribution in [2.24, 2.45) is 0 Å². The highest BCUT2D eigenvalue weighted by Crippen LogP contribution is 2.17. The predicted octanol–water partition coefficient (Wildman–Crippen LogP) is 2.78. The second-order valence-corrected chi connectivity index (χ2v) is 6.80. The Bertz CT molecular complexity index is 854. The lowest BCUT2D eigenvalue weighted by molar-refractivity contribution is 0.0325. The fourth-order valence-corrected chi connectivity index (χ4v) is 3.25. The molecule has 0 atom stereocenters. The number of morpholine rings is 1. The monoisotopic (exact) mass is 363 g/mol. The second kappa shape index (κ2) is 8.41. The van der Waals surface area contributed by atoms with Crippen molar-refractivity contribution in [3.63, 3.8) is 0 Å². The number of aryl methyl sites for hydroxylation is 1. The average molecular weight is 363 g/mol. The molecule has 1 fully saturated rings. The fourth-order valence-electron chi connectivity index (χ4n) is 3.25. The van der Waals surface area contributed by atoms with E-state index >= 15 is 0 Å². The molecule has 0 saturated carbocycles. The van der Waals surface area contributed by atoms with Crippen LogP contribution in [0.3, 0.4) is 0 Å². The van der Waals surface area contributed by atoms with Gasteiger partial charge in [0.15, 0.2) is 5.82 Å². The van der Waals surface area contributed by atoms with E-state index in [0.29, 0.717) is 0 Å². The summed E-state index contributed by atoms with van der Waals surface area (Å²) in [5.74, 6) is 1.74. The third-order valence-electron chi connectivity index (χ3n) is 4.92. The first kappa shape index (κ1) is 17.8. The van der Waals surface area contributed by atoms with Gasteiger partial charge in [0.2, 0.25) is 0 Å². The molecule has 0 N–H and O–H groups in total. The molecule has 6 heteroatoms. The fraction of sp³-hybridized carbons (Fsp3) is 0.381. The van der Waals surface area contributed by atoms with E-state index in [2.05, 4.69) is 41.1 Å². The van der Waals surface area contributed by atoms with Crippen LogP contribution in [-0.4, -0.2) is 51.0 Å². The van der Waals surface area contributed by atoms with E-state index < -0.39 is 0 Å². The zero-order valence-corrected chi connectivity index (χ0v) is 15.7. The number of aromatic nitrogens is 4. The van der Waals surface area contributed by atoms with Gasteiger partial charge in [0, 0.05) is 31.0 Å². The molecule has 0 aliphatic carbocycles. The average Bonchev–Trinajstić information content (AvgIpc) is 3.12. The van der Waals surface area contributed by atoms with Crippen LogP contribution in [0.1, 0.15) is 23.9 Å². The van der Waals surface area contributed by atoms with Crippen LogP contribution in [-0.2, 0) is 24.2 Å². The Labute approximate surface area is 159 Å². The molecule has 0 amide bonds. The zero-order valence-electron chi connectivity index (χ0n) is 15.7. The first-order chi connectivity index (χ1) is 13.3. The largest absolute Gasteiger partial charge is 0.379 e. The van der Waals surface area contributed by atoms with E-state index in [1.54, 1.807) is 12.4 Å². The molecule has 3 heterocycles. The van der Waals surface area contributed by atoms with Gasteiger partial charge in [-0.1, -0.05) is 31.2 Å². The Balaban J connectivity index is 1.61. The first-order valence-corrected chi connectivity index (χ1v) is 9.54. The van der Waals surface area contributed by atoms with Crippen LogP contribution in [0.4, 0.5) is 0 Å². The number of nitrogens with zero attached hydrogens (tertiary/aromatic N) is 5. The van der Waals surface area contributed by atoms with Gasteiger partial charge in [-0.25, -0.2) is 9.67 Å². The minimum atomic E-state index is 0.724. The molecule has 1 aliphatic rings. The van der Waals surface area contributed by atoms with Gasteiger partial charge in [0.05, 0.1) is 26.3 Å². The van der Waals surface area contributed by atoms with Crippen molar-refractivity contribution >= 4 is 0 Å². The number of ether oxygens (including phenoxy) is 1. The van der Waals surface area contributed by atoms with Gasteiger partial charge in [-0.2, -0.15) is 5.10 Å². The Morgan fingerprint density at radius 2 is 1.63 bits per heavy atom. The smallest absolute Gasteiger partial charge is 0.181 e. The van der Waals surface area contributed by atoms with Crippen LogP contribution < -0.4 is 0 Å². The van der Waals surface area contributed by atoms with Crippen LogP contribution in [0.25, 0.3) is 11.4 Å². The van der Waals surface area contributed by atoms with Crippen LogP contribution in [0.2, 0.25) is 0 Å². The summed E-state index contributed by atoms with van der Waals surface area (Å²) in [5, 5.41) is 4.80. The lowest BCUT2D eigenvalue weighted by Crippen LogP contribution is -2.36. The Morgan fingerprint density at radius 1 is 0.926 bits per heavy atom. The molecule has 140 valence electrons. The minimum absolute atomic E-state index is 0.724. The van der Waals surface area contributed by atoms with Gasteiger partial charge in [-0.05, 0) is 29.7 Å². The van der Waals surface area contributed by atoms with Crippen molar-refractivity contribution in [2.45, 2.75) is 26.4 Å². The van der Waals surface area contributed by atoms with Crippen molar-refractivity contribution < 1.29 is 4.74 Å². The summed E-state index contributed by atoms with van der Waals surface area (Å²) in [6.07, 6.45) is 4.61. The lowest BCUT2D eigenvalue weighted by Gasteiger charge is -2.26. The molecule has 2 aromatic heterocycles. The predicted molar refractivity (Wildman–Crippen MR) is 104 cm³/mol. The number of pyridine rings is 1. The van der Waals surface area contributed by atoms with E-state index in [0.717, 1.165) is 63.0 Å². The summed E-state index contributed by atoms with van der Waals surface area (Å²) in [4.78, 5) is 11.3. The highest BCUT2D eigenvalue weighted by atomic mass is 16.5. The Hall–Kier alpha value is -2.57. The summed E-state index contributed by atoms with van der Waals surface area (Å²) in [7, 11) is 0. The van der Waals surface area contributed by atoms with E-state index in [9.17, 15) is 0 Å². The molecule has 1 saturated heterocycles. The van der Waals surface area contributed by atoms with Gasteiger partial charge in [0.25, 0.3) is 0 Å². The maximum Gasteiger partial charge on any atom is 0.181 e. The van der Waals surface area contributed by atoms with E-state index in [1.807, 2.05) is 16.8 Å². The van der Waals surface area contributed by atoms with Crippen molar-refractivity contribution in [3.8, 4) is 11.4 Å². The van der Waals surface area contributed by atoms with E-state index in [1.165, 1.54) is 11.1 Å². The van der Waals surface area contributed by atoms with Crippen LogP contribution in [0.15, 0.2) is 48.8 Å². The third kappa shape index (κ3) is 4.40. The van der Waals surface area contributed by atoms with Crippen molar-refractivity contribution in [3.05, 3.63) is 65.7 Å². The first-order valence-electron chi connectivity index (χ1n) is 9.54. The Morgan fingerprint density at radius 3 is 2.33 bits per heavy atom. The standard InChI is InChI=1S/C21H25N5O/c1-2-17-3-5-18(6-4-17)15-26-20(16-25-11-13-27-14-12-25)23-21(24-26)19-7-9-22-10-8-19/h3-10H,2,11-16H2,1H3. The van der Waals surface area contributed by atoms with Gasteiger partial charge in [0.1, 0.15) is 5.82 Å².